The van der Waals surface area contributed by atoms with Crippen LogP contribution in [0.2, 0.25) is 0 Å². The maximum absolute atomic E-state index is 4.83. The van der Waals surface area contributed by atoms with E-state index in [4.69, 9.17) is 5.10 Å². The summed E-state index contributed by atoms with van der Waals surface area (Å²) in [6.07, 6.45) is 4.62. The van der Waals surface area contributed by atoms with Crippen molar-refractivity contribution in [3.63, 3.8) is 0 Å². The van der Waals surface area contributed by atoms with E-state index in [1.54, 1.807) is 6.20 Å². The molecule has 110 valence electrons. The number of aromatic nitrogens is 3. The lowest BCUT2D eigenvalue weighted by Crippen LogP contribution is -2.04. The van der Waals surface area contributed by atoms with Crippen LogP contribution in [0.15, 0.2) is 51.7 Å². The lowest BCUT2D eigenvalue weighted by atomic mass is 10.1. The molecule has 1 aromatic carbocycles. The molecule has 4 rings (SSSR count). The Morgan fingerprint density at radius 2 is 2.00 bits per heavy atom. The molecule has 0 spiro atoms. The van der Waals surface area contributed by atoms with Gasteiger partial charge >= 0.3 is 0 Å². The van der Waals surface area contributed by atoms with Crippen LogP contribution < -0.4 is 5.32 Å². The maximum atomic E-state index is 4.83. The van der Waals surface area contributed by atoms with Gasteiger partial charge in [-0.05, 0) is 46.6 Å². The number of fused-ring (bicyclic) bond motifs is 1. The van der Waals surface area contributed by atoms with Gasteiger partial charge in [0.2, 0.25) is 0 Å². The highest BCUT2D eigenvalue weighted by atomic mass is 79.9. The predicted octanol–water partition coefficient (Wildman–Crippen LogP) is 4.43. The lowest BCUT2D eigenvalue weighted by molar-refractivity contribution is 0.881. The second-order valence-electron chi connectivity index (χ2n) is 5.14. The van der Waals surface area contributed by atoms with Crippen molar-refractivity contribution < 1.29 is 0 Å². The van der Waals surface area contributed by atoms with Crippen molar-refractivity contribution in [1.29, 1.82) is 0 Å². The zero-order valence-electron chi connectivity index (χ0n) is 11.6. The second kappa shape index (κ2) is 5.52. The molecule has 0 saturated carbocycles. The standard InChI is InChI=1S/C16H12Br2N4/c17-11-2-1-3-13(7-11)22-16-14(4-5-20-16)15(21-22)10-6-12(18)9-19-8-10/h1-3,6-9,20H,4-5H2. The number of rotatable bonds is 2. The molecule has 6 heteroatoms. The fraction of sp³-hybridized carbons (Fsp3) is 0.125. The summed E-state index contributed by atoms with van der Waals surface area (Å²) in [5.74, 6) is 1.08. The summed E-state index contributed by atoms with van der Waals surface area (Å²) in [7, 11) is 0. The Hall–Kier alpha value is -1.66. The van der Waals surface area contributed by atoms with Crippen LogP contribution in [0.5, 0.6) is 0 Å². The molecule has 0 bridgehead atoms. The van der Waals surface area contributed by atoms with Gasteiger partial charge in [-0.25, -0.2) is 4.68 Å². The molecule has 0 unspecified atom stereocenters. The molecule has 3 heterocycles. The Morgan fingerprint density at radius 3 is 2.82 bits per heavy atom. The van der Waals surface area contributed by atoms with Crippen LogP contribution in [0.1, 0.15) is 5.56 Å². The average molecular weight is 420 g/mol. The van der Waals surface area contributed by atoms with Crippen molar-refractivity contribution >= 4 is 37.7 Å². The summed E-state index contributed by atoms with van der Waals surface area (Å²) >= 11 is 7.01. The van der Waals surface area contributed by atoms with Gasteiger partial charge in [-0.15, -0.1) is 0 Å². The van der Waals surface area contributed by atoms with Crippen molar-refractivity contribution in [2.24, 2.45) is 0 Å². The van der Waals surface area contributed by atoms with Gasteiger partial charge in [-0.1, -0.05) is 22.0 Å². The minimum atomic E-state index is 0.940. The molecule has 1 aliphatic heterocycles. The van der Waals surface area contributed by atoms with Gasteiger partial charge in [0.15, 0.2) is 0 Å². The molecule has 2 aromatic heterocycles. The highest BCUT2D eigenvalue weighted by molar-refractivity contribution is 9.10. The minimum Gasteiger partial charge on any atom is -0.369 e. The zero-order valence-corrected chi connectivity index (χ0v) is 14.7. The monoisotopic (exact) mass is 418 g/mol. The number of nitrogens with one attached hydrogen (secondary N) is 1. The van der Waals surface area contributed by atoms with E-state index in [9.17, 15) is 0 Å². The van der Waals surface area contributed by atoms with Crippen LogP contribution in [0.4, 0.5) is 5.82 Å². The first-order valence-corrected chi connectivity index (χ1v) is 8.53. The first-order valence-electron chi connectivity index (χ1n) is 6.95. The number of hydrogen-bond acceptors (Lipinski definition) is 3. The molecule has 0 aliphatic carbocycles. The summed E-state index contributed by atoms with van der Waals surface area (Å²) in [5, 5.41) is 8.27. The SMILES string of the molecule is Brc1cncc(-c2nn(-c3cccc(Br)c3)c3c2CCN3)c1. The second-order valence-corrected chi connectivity index (χ2v) is 6.97. The third kappa shape index (κ3) is 2.36. The van der Waals surface area contributed by atoms with Gasteiger partial charge in [0, 0.05) is 39.0 Å². The van der Waals surface area contributed by atoms with Crippen molar-refractivity contribution in [3.8, 4) is 16.9 Å². The molecular formula is C16H12Br2N4. The van der Waals surface area contributed by atoms with E-state index < -0.39 is 0 Å². The summed E-state index contributed by atoms with van der Waals surface area (Å²) in [4.78, 5) is 4.26. The Labute approximate surface area is 144 Å². The molecule has 3 aromatic rings. The number of pyridine rings is 1. The molecule has 0 amide bonds. The first kappa shape index (κ1) is 14.0. The number of benzene rings is 1. The molecule has 0 radical (unpaired) electrons. The molecule has 0 saturated heterocycles. The summed E-state index contributed by atoms with van der Waals surface area (Å²) in [5.41, 5.74) is 4.31. The Kier molecular flexibility index (Phi) is 3.50. The van der Waals surface area contributed by atoms with E-state index in [2.05, 4.69) is 60.4 Å². The van der Waals surface area contributed by atoms with E-state index in [0.717, 1.165) is 44.7 Å². The zero-order chi connectivity index (χ0) is 15.1. The lowest BCUT2D eigenvalue weighted by Gasteiger charge is -2.06. The molecule has 0 fully saturated rings. The molecule has 22 heavy (non-hydrogen) atoms. The third-order valence-electron chi connectivity index (χ3n) is 3.68. The Morgan fingerprint density at radius 1 is 1.09 bits per heavy atom. The fourth-order valence-electron chi connectivity index (χ4n) is 2.74. The first-order chi connectivity index (χ1) is 10.7. The smallest absolute Gasteiger partial charge is 0.133 e. The summed E-state index contributed by atoms with van der Waals surface area (Å²) in [6.45, 7) is 0.940. The quantitative estimate of drug-likeness (QED) is 0.668. The topological polar surface area (TPSA) is 42.7 Å². The minimum absolute atomic E-state index is 0.940. The van der Waals surface area contributed by atoms with Crippen molar-refractivity contribution in [2.45, 2.75) is 6.42 Å². The molecular weight excluding hydrogens is 408 g/mol. The van der Waals surface area contributed by atoms with Crippen molar-refractivity contribution in [2.75, 3.05) is 11.9 Å². The van der Waals surface area contributed by atoms with E-state index in [0.29, 0.717) is 0 Å². The third-order valence-corrected chi connectivity index (χ3v) is 4.61. The molecule has 1 aliphatic rings. The van der Waals surface area contributed by atoms with Gasteiger partial charge in [-0.2, -0.15) is 5.10 Å². The van der Waals surface area contributed by atoms with Crippen LogP contribution in [-0.4, -0.2) is 21.3 Å². The van der Waals surface area contributed by atoms with Gasteiger partial charge in [0.05, 0.1) is 11.4 Å². The van der Waals surface area contributed by atoms with Crippen LogP contribution in [0.3, 0.4) is 0 Å². The van der Waals surface area contributed by atoms with Crippen LogP contribution in [0, 0.1) is 0 Å². The fourth-order valence-corrected chi connectivity index (χ4v) is 3.49. The number of anilines is 1. The van der Waals surface area contributed by atoms with E-state index in [1.165, 1.54) is 5.56 Å². The summed E-state index contributed by atoms with van der Waals surface area (Å²) < 4.78 is 3.98. The van der Waals surface area contributed by atoms with E-state index in [-0.39, 0.29) is 0 Å². The molecule has 0 atom stereocenters. The van der Waals surface area contributed by atoms with E-state index in [1.807, 2.05) is 23.0 Å². The summed E-state index contributed by atoms with van der Waals surface area (Å²) in [6, 6.07) is 10.2. The Bertz CT molecular complexity index is 789. The van der Waals surface area contributed by atoms with Gasteiger partial charge < -0.3 is 5.32 Å². The molecule has 1 N–H and O–H groups in total. The Balaban J connectivity index is 1.90. The molecule has 4 nitrogen and oxygen atoms in total. The van der Waals surface area contributed by atoms with E-state index >= 15 is 0 Å². The normalized spacial score (nSPS) is 13.0. The maximum Gasteiger partial charge on any atom is 0.133 e. The van der Waals surface area contributed by atoms with Crippen molar-refractivity contribution in [3.05, 3.63) is 57.2 Å². The van der Waals surface area contributed by atoms with Gasteiger partial charge in [-0.3, -0.25) is 4.98 Å². The highest BCUT2D eigenvalue weighted by Gasteiger charge is 2.24. The highest BCUT2D eigenvalue weighted by Crippen LogP contribution is 2.35. The number of nitrogens with zero attached hydrogens (tertiary/aromatic N) is 3. The predicted molar refractivity (Wildman–Crippen MR) is 94.4 cm³/mol. The van der Waals surface area contributed by atoms with Crippen LogP contribution >= 0.6 is 31.9 Å². The van der Waals surface area contributed by atoms with Crippen LogP contribution in [-0.2, 0) is 6.42 Å². The average Bonchev–Trinajstić information content (AvgIpc) is 3.09. The van der Waals surface area contributed by atoms with Gasteiger partial charge in [0.1, 0.15) is 5.82 Å². The van der Waals surface area contributed by atoms with Gasteiger partial charge in [0.25, 0.3) is 0 Å². The number of halogens is 2. The van der Waals surface area contributed by atoms with Crippen LogP contribution in [0.25, 0.3) is 16.9 Å². The largest absolute Gasteiger partial charge is 0.369 e. The number of hydrogen-bond donors (Lipinski definition) is 1. The van der Waals surface area contributed by atoms with Crippen molar-refractivity contribution in [1.82, 2.24) is 14.8 Å².